The summed E-state index contributed by atoms with van der Waals surface area (Å²) in [5, 5.41) is 4.79. The number of carbonyl (C=O) groups excluding carboxylic acids is 3. The first-order valence-electron chi connectivity index (χ1n) is 12.2. The van der Waals surface area contributed by atoms with Gasteiger partial charge in [0.15, 0.2) is 11.6 Å². The Morgan fingerprint density at radius 1 is 1.00 bits per heavy atom. The van der Waals surface area contributed by atoms with Gasteiger partial charge in [0, 0.05) is 49.2 Å². The lowest BCUT2D eigenvalue weighted by Gasteiger charge is -2.19. The van der Waals surface area contributed by atoms with Gasteiger partial charge in [-0.2, -0.15) is 0 Å². The van der Waals surface area contributed by atoms with E-state index in [2.05, 4.69) is 20.4 Å². The lowest BCUT2D eigenvalue weighted by atomic mass is 9.87. The number of pyridine rings is 1. The van der Waals surface area contributed by atoms with Gasteiger partial charge in [-0.05, 0) is 36.4 Å². The van der Waals surface area contributed by atoms with Crippen LogP contribution in [0.4, 0.5) is 38.0 Å². The van der Waals surface area contributed by atoms with Crippen molar-refractivity contribution in [1.82, 2.24) is 10.3 Å². The van der Waals surface area contributed by atoms with Gasteiger partial charge < -0.3 is 20.1 Å². The second-order valence-corrected chi connectivity index (χ2v) is 9.13. The lowest BCUT2D eigenvalue weighted by molar-refractivity contribution is -0.274. The van der Waals surface area contributed by atoms with Crippen LogP contribution in [-0.4, -0.2) is 49.3 Å². The van der Waals surface area contributed by atoms with Gasteiger partial charge in [-0.15, -0.1) is 13.2 Å². The zero-order valence-corrected chi connectivity index (χ0v) is 21.9. The average molecular weight is 596 g/mol. The van der Waals surface area contributed by atoms with Crippen LogP contribution in [0.2, 0.25) is 0 Å². The molecule has 3 amide bonds. The van der Waals surface area contributed by atoms with Crippen molar-refractivity contribution in [3.8, 4) is 11.5 Å². The van der Waals surface area contributed by atoms with Crippen LogP contribution in [0.3, 0.4) is 0 Å². The predicted octanol–water partition coefficient (Wildman–Crippen LogP) is 4.54. The summed E-state index contributed by atoms with van der Waals surface area (Å²) in [6.07, 6.45) is -4.94. The zero-order valence-electron chi connectivity index (χ0n) is 21.9. The molecule has 2 aromatic carbocycles. The van der Waals surface area contributed by atoms with Gasteiger partial charge >= 0.3 is 6.36 Å². The number of amides is 3. The molecule has 222 valence electrons. The average Bonchev–Trinajstić information content (AvgIpc) is 3.22. The van der Waals surface area contributed by atoms with E-state index in [0.29, 0.717) is 0 Å². The molecular formula is C27H22F6N4O5. The van der Waals surface area contributed by atoms with E-state index in [0.717, 1.165) is 53.4 Å². The van der Waals surface area contributed by atoms with Gasteiger partial charge in [-0.1, -0.05) is 0 Å². The fourth-order valence-corrected chi connectivity index (χ4v) is 4.52. The van der Waals surface area contributed by atoms with Crippen LogP contribution in [0, 0.1) is 23.4 Å². The van der Waals surface area contributed by atoms with Crippen LogP contribution < -0.4 is 25.0 Å². The van der Waals surface area contributed by atoms with Crippen LogP contribution in [0.25, 0.3) is 0 Å². The smallest absolute Gasteiger partial charge is 0.497 e. The molecule has 2 N–H and O–H groups in total. The minimum absolute atomic E-state index is 0.0836. The van der Waals surface area contributed by atoms with Gasteiger partial charge in [0.1, 0.15) is 29.0 Å². The standard InChI is InChI=1S/C27H22F6N4O5/c1-13(38)35-22-8-7-19(28)24(36-22)37-12-18(23-20(29)9-16(41-2)10-21(23)30)17(26(37)40)11-34-25(39)14-3-5-15(6-4-14)42-27(31,32)33/h3-10,17-18H,11-12H2,1-2H3,(H,34,39)(H,35,36,38)/t17?,18-/m1/s1. The highest BCUT2D eigenvalue weighted by Crippen LogP contribution is 2.40. The second kappa shape index (κ2) is 12.0. The second-order valence-electron chi connectivity index (χ2n) is 9.13. The molecule has 1 saturated heterocycles. The Hall–Kier alpha value is -4.82. The van der Waals surface area contributed by atoms with Crippen molar-refractivity contribution in [3.05, 3.63) is 77.1 Å². The van der Waals surface area contributed by atoms with E-state index in [4.69, 9.17) is 4.74 Å². The van der Waals surface area contributed by atoms with Gasteiger partial charge in [-0.25, -0.2) is 18.2 Å². The molecule has 0 spiro atoms. The third kappa shape index (κ3) is 6.72. The highest BCUT2D eigenvalue weighted by molar-refractivity contribution is 5.99. The van der Waals surface area contributed by atoms with Crippen molar-refractivity contribution >= 4 is 29.4 Å². The topological polar surface area (TPSA) is 110 Å². The predicted molar refractivity (Wildman–Crippen MR) is 135 cm³/mol. The fraction of sp³-hybridized carbons (Fsp3) is 0.259. The molecule has 15 heteroatoms. The zero-order chi connectivity index (χ0) is 30.8. The van der Waals surface area contributed by atoms with Crippen molar-refractivity contribution in [1.29, 1.82) is 0 Å². The van der Waals surface area contributed by atoms with Gasteiger partial charge in [0.25, 0.3) is 5.91 Å². The van der Waals surface area contributed by atoms with E-state index in [1.165, 1.54) is 14.0 Å². The lowest BCUT2D eigenvalue weighted by Crippen LogP contribution is -2.36. The van der Waals surface area contributed by atoms with Gasteiger partial charge in [-0.3, -0.25) is 19.3 Å². The number of carbonyl (C=O) groups is 3. The SMILES string of the molecule is COc1cc(F)c([C@@H]2CN(c3nc(NC(C)=O)ccc3F)C(=O)C2CNC(=O)c2ccc(OC(F)(F)F)cc2)c(F)c1. The molecule has 0 aliphatic carbocycles. The number of anilines is 2. The fourth-order valence-electron chi connectivity index (χ4n) is 4.52. The summed E-state index contributed by atoms with van der Waals surface area (Å²) in [7, 11) is 1.20. The summed E-state index contributed by atoms with van der Waals surface area (Å²) in [4.78, 5) is 42.5. The van der Waals surface area contributed by atoms with Crippen LogP contribution in [-0.2, 0) is 9.59 Å². The number of aromatic nitrogens is 1. The minimum Gasteiger partial charge on any atom is -0.497 e. The van der Waals surface area contributed by atoms with Crippen molar-refractivity contribution in [2.75, 3.05) is 30.4 Å². The third-order valence-corrected chi connectivity index (χ3v) is 6.33. The first-order valence-corrected chi connectivity index (χ1v) is 12.2. The Labute approximate surface area is 234 Å². The number of hydrogen-bond donors (Lipinski definition) is 2. The quantitative estimate of drug-likeness (QED) is 0.370. The number of nitrogens with zero attached hydrogens (tertiary/aromatic N) is 2. The molecule has 0 radical (unpaired) electrons. The van der Waals surface area contributed by atoms with Crippen molar-refractivity contribution in [3.63, 3.8) is 0 Å². The summed E-state index contributed by atoms with van der Waals surface area (Å²) in [5.41, 5.74) is -0.612. The normalized spacial score (nSPS) is 16.8. The number of hydrogen-bond acceptors (Lipinski definition) is 6. The van der Waals surface area contributed by atoms with E-state index in [9.17, 15) is 31.9 Å². The Morgan fingerprint density at radius 2 is 1.64 bits per heavy atom. The highest BCUT2D eigenvalue weighted by atomic mass is 19.4. The van der Waals surface area contributed by atoms with Crippen LogP contribution in [0.5, 0.6) is 11.5 Å². The van der Waals surface area contributed by atoms with Gasteiger partial charge in [0.2, 0.25) is 11.8 Å². The molecule has 1 aliphatic rings. The first-order chi connectivity index (χ1) is 19.8. The summed E-state index contributed by atoms with van der Waals surface area (Å²) in [6.45, 7) is 0.251. The van der Waals surface area contributed by atoms with E-state index in [-0.39, 0.29) is 17.1 Å². The highest BCUT2D eigenvalue weighted by Gasteiger charge is 2.45. The molecule has 9 nitrogen and oxygen atoms in total. The maximum Gasteiger partial charge on any atom is 0.573 e. The summed E-state index contributed by atoms with van der Waals surface area (Å²) in [5.74, 6) is -9.12. The third-order valence-electron chi connectivity index (χ3n) is 6.33. The molecule has 1 fully saturated rings. The van der Waals surface area contributed by atoms with E-state index in [1.54, 1.807) is 0 Å². The van der Waals surface area contributed by atoms with Crippen LogP contribution in [0.1, 0.15) is 28.8 Å². The molecular weight excluding hydrogens is 574 g/mol. The van der Waals surface area contributed by atoms with Crippen molar-refractivity contribution in [2.45, 2.75) is 19.2 Å². The maximum atomic E-state index is 15.1. The molecule has 0 saturated carbocycles. The molecule has 2 heterocycles. The van der Waals surface area contributed by atoms with E-state index < -0.39 is 83.6 Å². The summed E-state index contributed by atoms with van der Waals surface area (Å²) in [6, 6.07) is 7.83. The van der Waals surface area contributed by atoms with Crippen molar-refractivity contribution in [2.24, 2.45) is 5.92 Å². The number of alkyl halides is 3. The number of nitrogens with one attached hydrogen (secondary N) is 2. The Bertz CT molecular complexity index is 1490. The number of benzene rings is 2. The number of halogens is 6. The summed E-state index contributed by atoms with van der Waals surface area (Å²) < 4.78 is 91.0. The van der Waals surface area contributed by atoms with Gasteiger partial charge in [0.05, 0.1) is 13.0 Å². The van der Waals surface area contributed by atoms with Crippen LogP contribution in [0.15, 0.2) is 48.5 Å². The molecule has 42 heavy (non-hydrogen) atoms. The van der Waals surface area contributed by atoms with E-state index in [1.807, 2.05) is 0 Å². The Kier molecular flexibility index (Phi) is 8.59. The molecule has 0 bridgehead atoms. The molecule has 3 aromatic rings. The minimum atomic E-state index is -4.94. The molecule has 4 rings (SSSR count). The monoisotopic (exact) mass is 596 g/mol. The first kappa shape index (κ1) is 30.1. The maximum absolute atomic E-state index is 15.1. The largest absolute Gasteiger partial charge is 0.573 e. The molecule has 1 aromatic heterocycles. The molecule has 1 unspecified atom stereocenters. The van der Waals surface area contributed by atoms with E-state index >= 15 is 8.78 Å². The van der Waals surface area contributed by atoms with Crippen molar-refractivity contribution < 1.29 is 50.2 Å². The number of rotatable bonds is 8. The number of ether oxygens (including phenoxy) is 2. The molecule has 1 aliphatic heterocycles. The Balaban J connectivity index is 1.64. The summed E-state index contributed by atoms with van der Waals surface area (Å²) >= 11 is 0. The van der Waals surface area contributed by atoms with Crippen LogP contribution >= 0.6 is 0 Å². The Morgan fingerprint density at radius 3 is 2.21 bits per heavy atom. The number of methoxy groups -OCH3 is 1. The molecule has 2 atom stereocenters.